The van der Waals surface area contributed by atoms with Gasteiger partial charge in [0, 0.05) is 18.8 Å². The van der Waals surface area contributed by atoms with Crippen LogP contribution in [0.3, 0.4) is 0 Å². The number of carbonyl (C=O) groups is 2. The Labute approximate surface area is 118 Å². The Hall–Kier alpha value is -2.83. The molecular weight excluding hydrogens is 282 g/mol. The van der Waals surface area contributed by atoms with Gasteiger partial charge in [-0.2, -0.15) is 0 Å². The Morgan fingerprint density at radius 3 is 2.52 bits per heavy atom. The first-order valence-electron chi connectivity index (χ1n) is 5.89. The minimum absolute atomic E-state index is 0.0442. The maximum atomic E-state index is 13.4. The van der Waals surface area contributed by atoms with Crippen LogP contribution in [0.5, 0.6) is 0 Å². The molecule has 7 heteroatoms. The van der Waals surface area contributed by atoms with Crippen LogP contribution >= 0.6 is 0 Å². The van der Waals surface area contributed by atoms with Crippen molar-refractivity contribution in [3.8, 4) is 0 Å². The van der Waals surface area contributed by atoms with Gasteiger partial charge < -0.3 is 10.4 Å². The molecule has 0 saturated carbocycles. The number of amides is 1. The summed E-state index contributed by atoms with van der Waals surface area (Å²) >= 11 is 0. The van der Waals surface area contributed by atoms with Gasteiger partial charge in [-0.25, -0.2) is 18.6 Å². The van der Waals surface area contributed by atoms with Crippen LogP contribution in [-0.4, -0.2) is 22.0 Å². The van der Waals surface area contributed by atoms with Crippen molar-refractivity contribution in [2.24, 2.45) is 0 Å². The predicted molar refractivity (Wildman–Crippen MR) is 68.7 cm³/mol. The summed E-state index contributed by atoms with van der Waals surface area (Å²) in [4.78, 5) is 26.0. The molecule has 0 unspecified atom stereocenters. The number of carbonyl (C=O) groups excluding carboxylic acids is 1. The van der Waals surface area contributed by atoms with Crippen LogP contribution in [0.25, 0.3) is 0 Å². The highest BCUT2D eigenvalue weighted by atomic mass is 19.1. The number of aromatic nitrogens is 1. The molecular formula is C14H10F2N2O3. The monoisotopic (exact) mass is 292 g/mol. The van der Waals surface area contributed by atoms with Gasteiger partial charge in [-0.1, -0.05) is 6.07 Å². The molecule has 0 saturated heterocycles. The van der Waals surface area contributed by atoms with Crippen LogP contribution in [0.2, 0.25) is 0 Å². The zero-order valence-corrected chi connectivity index (χ0v) is 10.6. The maximum Gasteiger partial charge on any atom is 0.354 e. The topological polar surface area (TPSA) is 79.3 Å². The van der Waals surface area contributed by atoms with Gasteiger partial charge in [-0.05, 0) is 23.8 Å². The van der Waals surface area contributed by atoms with E-state index in [1.165, 1.54) is 18.3 Å². The molecule has 1 aromatic heterocycles. The van der Waals surface area contributed by atoms with E-state index in [1.807, 2.05) is 0 Å². The standard InChI is InChI=1S/C14H10F2N2O3/c15-9-2-3-10(11(16)5-9)13(19)18-7-8-1-4-12(14(20)21)17-6-8/h1-6H,7H2,(H,18,19)(H,20,21). The lowest BCUT2D eigenvalue weighted by molar-refractivity contribution is 0.0690. The van der Waals surface area contributed by atoms with Crippen LogP contribution in [0, 0.1) is 11.6 Å². The highest BCUT2D eigenvalue weighted by Crippen LogP contribution is 2.09. The molecule has 5 nitrogen and oxygen atoms in total. The van der Waals surface area contributed by atoms with Gasteiger partial charge >= 0.3 is 5.97 Å². The van der Waals surface area contributed by atoms with E-state index in [0.29, 0.717) is 11.6 Å². The first-order chi connectivity index (χ1) is 9.97. The van der Waals surface area contributed by atoms with Gasteiger partial charge in [-0.15, -0.1) is 0 Å². The zero-order chi connectivity index (χ0) is 15.4. The molecule has 2 N–H and O–H groups in total. The smallest absolute Gasteiger partial charge is 0.354 e. The van der Waals surface area contributed by atoms with E-state index in [4.69, 9.17) is 5.11 Å². The molecule has 2 rings (SSSR count). The Bertz CT molecular complexity index is 687. The lowest BCUT2D eigenvalue weighted by Gasteiger charge is -2.06. The largest absolute Gasteiger partial charge is 0.477 e. The fourth-order valence-electron chi connectivity index (χ4n) is 1.61. The number of benzene rings is 1. The van der Waals surface area contributed by atoms with Crippen molar-refractivity contribution in [3.63, 3.8) is 0 Å². The van der Waals surface area contributed by atoms with E-state index < -0.39 is 23.5 Å². The summed E-state index contributed by atoms with van der Waals surface area (Å²) in [7, 11) is 0. The molecule has 0 aliphatic heterocycles. The van der Waals surface area contributed by atoms with Gasteiger partial charge in [0.05, 0.1) is 5.56 Å². The van der Waals surface area contributed by atoms with Crippen molar-refractivity contribution in [3.05, 3.63) is 65.0 Å². The normalized spacial score (nSPS) is 10.2. The number of carboxylic acids is 1. The molecule has 0 atom stereocenters. The number of aromatic carboxylic acids is 1. The van der Waals surface area contributed by atoms with Crippen LogP contribution in [0.1, 0.15) is 26.4 Å². The van der Waals surface area contributed by atoms with Gasteiger partial charge in [0.2, 0.25) is 0 Å². The summed E-state index contributed by atoms with van der Waals surface area (Å²) in [6.45, 7) is 0.0442. The predicted octanol–water partition coefficient (Wildman–Crippen LogP) is 1.99. The lowest BCUT2D eigenvalue weighted by atomic mass is 10.2. The van der Waals surface area contributed by atoms with Crippen LogP contribution in [0.4, 0.5) is 8.78 Å². The van der Waals surface area contributed by atoms with Gasteiger partial charge in [0.25, 0.3) is 5.91 Å². The summed E-state index contributed by atoms with van der Waals surface area (Å²) in [5.74, 6) is -3.57. The molecule has 0 radical (unpaired) electrons. The van der Waals surface area contributed by atoms with E-state index in [1.54, 1.807) is 0 Å². The number of rotatable bonds is 4. The lowest BCUT2D eigenvalue weighted by Crippen LogP contribution is -2.24. The van der Waals surface area contributed by atoms with Gasteiger partial charge in [0.1, 0.15) is 17.3 Å². The number of nitrogens with zero attached hydrogens (tertiary/aromatic N) is 1. The minimum atomic E-state index is -1.15. The second kappa shape index (κ2) is 6.08. The van der Waals surface area contributed by atoms with Crippen LogP contribution in [0.15, 0.2) is 36.5 Å². The third-order valence-electron chi connectivity index (χ3n) is 2.67. The highest BCUT2D eigenvalue weighted by Gasteiger charge is 2.12. The van der Waals surface area contributed by atoms with Gasteiger partial charge in [-0.3, -0.25) is 4.79 Å². The number of nitrogens with one attached hydrogen (secondary N) is 1. The number of carboxylic acid groups (broad SMARTS) is 1. The third-order valence-corrected chi connectivity index (χ3v) is 2.67. The molecule has 1 amide bonds. The summed E-state index contributed by atoms with van der Waals surface area (Å²) < 4.78 is 26.1. The molecule has 0 aliphatic rings. The Morgan fingerprint density at radius 2 is 1.95 bits per heavy atom. The van der Waals surface area contributed by atoms with E-state index in [9.17, 15) is 18.4 Å². The zero-order valence-electron chi connectivity index (χ0n) is 10.6. The van der Waals surface area contributed by atoms with Crippen molar-refractivity contribution in [2.45, 2.75) is 6.54 Å². The number of pyridine rings is 1. The molecule has 1 heterocycles. The average Bonchev–Trinajstić information content (AvgIpc) is 2.45. The SMILES string of the molecule is O=C(O)c1ccc(CNC(=O)c2ccc(F)cc2F)cn1. The summed E-state index contributed by atoms with van der Waals surface area (Å²) in [6.07, 6.45) is 1.30. The number of halogens is 2. The average molecular weight is 292 g/mol. The second-order valence-corrected chi connectivity index (χ2v) is 4.16. The summed E-state index contributed by atoms with van der Waals surface area (Å²) in [5.41, 5.74) is 0.164. The van der Waals surface area contributed by atoms with E-state index in [2.05, 4.69) is 10.3 Å². The van der Waals surface area contributed by atoms with Gasteiger partial charge in [0.15, 0.2) is 0 Å². The van der Waals surface area contributed by atoms with Crippen molar-refractivity contribution in [1.82, 2.24) is 10.3 Å². The second-order valence-electron chi connectivity index (χ2n) is 4.16. The van der Waals surface area contributed by atoms with Crippen molar-refractivity contribution in [2.75, 3.05) is 0 Å². The van der Waals surface area contributed by atoms with Crippen molar-refractivity contribution >= 4 is 11.9 Å². The molecule has 21 heavy (non-hydrogen) atoms. The molecule has 2 aromatic rings. The quantitative estimate of drug-likeness (QED) is 0.903. The number of hydrogen-bond donors (Lipinski definition) is 2. The maximum absolute atomic E-state index is 13.4. The summed E-state index contributed by atoms with van der Waals surface area (Å²) in [6, 6.07) is 5.44. The Kier molecular flexibility index (Phi) is 4.22. The fourth-order valence-corrected chi connectivity index (χ4v) is 1.61. The van der Waals surface area contributed by atoms with Crippen LogP contribution < -0.4 is 5.32 Å². The molecule has 108 valence electrons. The first kappa shape index (κ1) is 14.6. The van der Waals surface area contributed by atoms with E-state index in [-0.39, 0.29) is 17.8 Å². The van der Waals surface area contributed by atoms with E-state index in [0.717, 1.165) is 12.1 Å². The molecule has 1 aromatic carbocycles. The summed E-state index contributed by atoms with van der Waals surface area (Å²) in [5, 5.41) is 11.1. The minimum Gasteiger partial charge on any atom is -0.477 e. The first-order valence-corrected chi connectivity index (χ1v) is 5.89. The Balaban J connectivity index is 2.02. The van der Waals surface area contributed by atoms with Crippen molar-refractivity contribution in [1.29, 1.82) is 0 Å². The van der Waals surface area contributed by atoms with Crippen LogP contribution in [-0.2, 0) is 6.54 Å². The third kappa shape index (κ3) is 3.59. The fraction of sp³-hybridized carbons (Fsp3) is 0.0714. The Morgan fingerprint density at radius 1 is 1.19 bits per heavy atom. The number of hydrogen-bond acceptors (Lipinski definition) is 3. The highest BCUT2D eigenvalue weighted by molar-refractivity contribution is 5.94. The van der Waals surface area contributed by atoms with Crippen molar-refractivity contribution < 1.29 is 23.5 Å². The molecule has 0 aliphatic carbocycles. The van der Waals surface area contributed by atoms with E-state index >= 15 is 0 Å². The molecule has 0 fully saturated rings. The molecule has 0 spiro atoms. The molecule has 0 bridgehead atoms.